The molecule has 0 aliphatic rings. The molecule has 7 nitrogen and oxygen atoms in total. The van der Waals surface area contributed by atoms with Crippen LogP contribution < -0.4 is 10.9 Å². The zero-order valence-corrected chi connectivity index (χ0v) is 18.0. The van der Waals surface area contributed by atoms with Crippen molar-refractivity contribution in [3.05, 3.63) is 119 Å². The highest BCUT2D eigenvalue weighted by atomic mass is 16.1. The lowest BCUT2D eigenvalue weighted by molar-refractivity contribution is 0.102. The van der Waals surface area contributed by atoms with Crippen molar-refractivity contribution in [3.63, 3.8) is 0 Å². The second-order valence-electron chi connectivity index (χ2n) is 7.68. The van der Waals surface area contributed by atoms with E-state index in [-0.39, 0.29) is 11.5 Å². The Bertz CT molecular complexity index is 1500. The van der Waals surface area contributed by atoms with Gasteiger partial charge in [0.25, 0.3) is 11.5 Å². The Morgan fingerprint density at radius 1 is 0.939 bits per heavy atom. The van der Waals surface area contributed by atoms with Crippen LogP contribution in [0.3, 0.4) is 0 Å². The fraction of sp³-hybridized carbons (Fsp3) is 0.0769. The van der Waals surface area contributed by atoms with Gasteiger partial charge in [0.1, 0.15) is 5.82 Å². The van der Waals surface area contributed by atoms with E-state index in [1.54, 1.807) is 52.7 Å². The zero-order valence-electron chi connectivity index (χ0n) is 18.0. The third-order valence-electron chi connectivity index (χ3n) is 5.49. The molecule has 1 amide bonds. The van der Waals surface area contributed by atoms with Crippen LogP contribution in [0.5, 0.6) is 0 Å². The molecule has 162 valence electrons. The number of nitrogens with zero attached hydrogens (tertiary/aromatic N) is 4. The average molecular weight is 435 g/mol. The van der Waals surface area contributed by atoms with Crippen LogP contribution in [0.15, 0.2) is 96.1 Å². The van der Waals surface area contributed by atoms with Crippen LogP contribution in [0.4, 0.5) is 5.69 Å². The summed E-state index contributed by atoms with van der Waals surface area (Å²) in [6, 6.07) is 23.7. The minimum absolute atomic E-state index is 0.136. The molecule has 0 aliphatic carbocycles. The predicted molar refractivity (Wildman–Crippen MR) is 128 cm³/mol. The van der Waals surface area contributed by atoms with E-state index in [0.29, 0.717) is 34.5 Å². The van der Waals surface area contributed by atoms with E-state index in [9.17, 15) is 9.59 Å². The van der Waals surface area contributed by atoms with Crippen LogP contribution in [-0.4, -0.2) is 25.2 Å². The number of amides is 1. The Kier molecular flexibility index (Phi) is 5.28. The SMILES string of the molecule is Cc1nc2ccccc2c(=O)n1-c1ccc(C(=O)Nc2ccccc2Cn2cccn2)cc1. The van der Waals surface area contributed by atoms with E-state index >= 15 is 0 Å². The summed E-state index contributed by atoms with van der Waals surface area (Å²) in [5, 5.41) is 7.77. The van der Waals surface area contributed by atoms with Crippen LogP contribution in [0.2, 0.25) is 0 Å². The van der Waals surface area contributed by atoms with E-state index < -0.39 is 0 Å². The number of rotatable bonds is 5. The molecule has 0 saturated carbocycles. The summed E-state index contributed by atoms with van der Waals surface area (Å²) in [5.74, 6) is 0.360. The molecule has 2 heterocycles. The predicted octanol–water partition coefficient (Wildman–Crippen LogP) is 4.19. The highest BCUT2D eigenvalue weighted by Crippen LogP contribution is 2.19. The van der Waals surface area contributed by atoms with Gasteiger partial charge in [-0.2, -0.15) is 5.10 Å². The van der Waals surface area contributed by atoms with Crippen molar-refractivity contribution in [1.29, 1.82) is 0 Å². The standard InChI is InChI=1S/C26H21N5O2/c1-18-28-24-10-5-3-8-22(24)26(33)31(18)21-13-11-19(12-14-21)25(32)29-23-9-4-2-7-20(23)17-30-16-6-15-27-30/h2-16H,17H2,1H3,(H,29,32). The molecule has 0 radical (unpaired) electrons. The molecular formula is C26H21N5O2. The number of benzene rings is 3. The van der Waals surface area contributed by atoms with Crippen LogP contribution >= 0.6 is 0 Å². The van der Waals surface area contributed by atoms with Gasteiger partial charge in [-0.15, -0.1) is 0 Å². The summed E-state index contributed by atoms with van der Waals surface area (Å²) in [7, 11) is 0. The van der Waals surface area contributed by atoms with Crippen LogP contribution in [-0.2, 0) is 6.54 Å². The van der Waals surface area contributed by atoms with Crippen molar-refractivity contribution >= 4 is 22.5 Å². The maximum Gasteiger partial charge on any atom is 0.265 e. The first-order valence-electron chi connectivity index (χ1n) is 10.6. The Balaban J connectivity index is 1.41. The maximum absolute atomic E-state index is 13.0. The number of carbonyl (C=O) groups excluding carboxylic acids is 1. The lowest BCUT2D eigenvalue weighted by atomic mass is 10.1. The van der Waals surface area contributed by atoms with Gasteiger partial charge < -0.3 is 5.32 Å². The van der Waals surface area contributed by atoms with Crippen LogP contribution in [0.25, 0.3) is 16.6 Å². The highest BCUT2D eigenvalue weighted by molar-refractivity contribution is 6.04. The number of para-hydroxylation sites is 2. The van der Waals surface area contributed by atoms with Crippen molar-refractivity contribution in [2.45, 2.75) is 13.5 Å². The molecule has 0 unspecified atom stereocenters. The molecule has 7 heteroatoms. The van der Waals surface area contributed by atoms with E-state index in [1.807, 2.05) is 54.7 Å². The number of carbonyl (C=O) groups is 1. The summed E-state index contributed by atoms with van der Waals surface area (Å²) in [6.45, 7) is 2.35. The summed E-state index contributed by atoms with van der Waals surface area (Å²) in [5.41, 5.74) is 3.37. The Labute approximate surface area is 190 Å². The summed E-state index contributed by atoms with van der Waals surface area (Å²) in [6.07, 6.45) is 3.60. The fourth-order valence-corrected chi connectivity index (χ4v) is 3.85. The second-order valence-corrected chi connectivity index (χ2v) is 7.68. The fourth-order valence-electron chi connectivity index (χ4n) is 3.85. The van der Waals surface area contributed by atoms with Crippen molar-refractivity contribution in [2.75, 3.05) is 5.32 Å². The van der Waals surface area contributed by atoms with E-state index in [0.717, 1.165) is 11.3 Å². The average Bonchev–Trinajstić information content (AvgIpc) is 3.34. The van der Waals surface area contributed by atoms with Crippen molar-refractivity contribution in [3.8, 4) is 5.69 Å². The minimum atomic E-state index is -0.227. The first-order valence-corrected chi connectivity index (χ1v) is 10.6. The molecule has 5 aromatic rings. The van der Waals surface area contributed by atoms with Gasteiger partial charge in [-0.1, -0.05) is 30.3 Å². The number of aryl methyl sites for hydroxylation is 1. The molecule has 0 atom stereocenters. The van der Waals surface area contributed by atoms with Gasteiger partial charge >= 0.3 is 0 Å². The molecule has 2 aromatic heterocycles. The molecule has 33 heavy (non-hydrogen) atoms. The third-order valence-corrected chi connectivity index (χ3v) is 5.49. The number of hydrogen-bond acceptors (Lipinski definition) is 4. The van der Waals surface area contributed by atoms with E-state index in [2.05, 4.69) is 15.4 Å². The number of hydrogen-bond donors (Lipinski definition) is 1. The second kappa shape index (κ2) is 8.55. The Morgan fingerprint density at radius 2 is 1.70 bits per heavy atom. The van der Waals surface area contributed by atoms with Crippen molar-refractivity contribution in [1.82, 2.24) is 19.3 Å². The van der Waals surface area contributed by atoms with Crippen molar-refractivity contribution < 1.29 is 4.79 Å². The van der Waals surface area contributed by atoms with Gasteiger partial charge in [-0.25, -0.2) is 4.98 Å². The molecule has 0 bridgehead atoms. The van der Waals surface area contributed by atoms with Gasteiger partial charge in [0.05, 0.1) is 23.1 Å². The largest absolute Gasteiger partial charge is 0.322 e. The Morgan fingerprint density at radius 3 is 2.48 bits per heavy atom. The normalized spacial score (nSPS) is 10.9. The molecule has 0 saturated heterocycles. The topological polar surface area (TPSA) is 81.8 Å². The number of nitrogens with one attached hydrogen (secondary N) is 1. The number of anilines is 1. The van der Waals surface area contributed by atoms with Gasteiger partial charge in [0.15, 0.2) is 0 Å². The lowest BCUT2D eigenvalue weighted by Crippen LogP contribution is -2.22. The number of fused-ring (bicyclic) bond motifs is 1. The smallest absolute Gasteiger partial charge is 0.265 e. The first-order chi connectivity index (χ1) is 16.1. The minimum Gasteiger partial charge on any atom is -0.322 e. The molecule has 1 N–H and O–H groups in total. The maximum atomic E-state index is 13.0. The Hall–Kier alpha value is -4.52. The lowest BCUT2D eigenvalue weighted by Gasteiger charge is -2.13. The van der Waals surface area contributed by atoms with Gasteiger partial charge in [-0.05, 0) is 61.0 Å². The molecular weight excluding hydrogens is 414 g/mol. The van der Waals surface area contributed by atoms with Crippen molar-refractivity contribution in [2.24, 2.45) is 0 Å². The van der Waals surface area contributed by atoms with Crippen LogP contribution in [0, 0.1) is 6.92 Å². The molecule has 0 aliphatic heterocycles. The molecule has 3 aromatic carbocycles. The highest BCUT2D eigenvalue weighted by Gasteiger charge is 2.12. The van der Waals surface area contributed by atoms with Gasteiger partial charge in [-0.3, -0.25) is 18.8 Å². The van der Waals surface area contributed by atoms with Crippen LogP contribution in [0.1, 0.15) is 21.7 Å². The summed E-state index contributed by atoms with van der Waals surface area (Å²) in [4.78, 5) is 30.5. The van der Waals surface area contributed by atoms with E-state index in [4.69, 9.17) is 0 Å². The summed E-state index contributed by atoms with van der Waals surface area (Å²) < 4.78 is 3.36. The first kappa shape index (κ1) is 20.4. The number of aromatic nitrogens is 4. The monoisotopic (exact) mass is 435 g/mol. The molecule has 0 fully saturated rings. The molecule has 5 rings (SSSR count). The van der Waals surface area contributed by atoms with Gasteiger partial charge in [0.2, 0.25) is 0 Å². The summed E-state index contributed by atoms with van der Waals surface area (Å²) >= 11 is 0. The third kappa shape index (κ3) is 4.04. The van der Waals surface area contributed by atoms with E-state index in [1.165, 1.54) is 0 Å². The quantitative estimate of drug-likeness (QED) is 0.449. The molecule has 0 spiro atoms. The zero-order chi connectivity index (χ0) is 22.8. The van der Waals surface area contributed by atoms with Gasteiger partial charge in [0, 0.05) is 23.6 Å².